The Bertz CT molecular complexity index is 436. The Hall–Kier alpha value is -1.09. The summed E-state index contributed by atoms with van der Waals surface area (Å²) in [5, 5.41) is 3.07. The van der Waals surface area contributed by atoms with Crippen molar-refractivity contribution in [3.05, 3.63) is 40.4 Å². The maximum absolute atomic E-state index is 11.8. The van der Waals surface area contributed by atoms with E-state index in [9.17, 15) is 4.79 Å². The molecule has 1 aromatic rings. The molecule has 0 radical (unpaired) electrons. The van der Waals surface area contributed by atoms with Crippen LogP contribution in [0.3, 0.4) is 0 Å². The van der Waals surface area contributed by atoms with Crippen LogP contribution in [-0.2, 0) is 4.79 Å². The molecule has 1 fully saturated rings. The van der Waals surface area contributed by atoms with E-state index >= 15 is 0 Å². The van der Waals surface area contributed by atoms with Crippen LogP contribution in [0, 0.1) is 0 Å². The number of hydrogen-bond donors (Lipinski definition) is 1. The molecular formula is C15H18BrNO. The van der Waals surface area contributed by atoms with E-state index in [1.54, 1.807) is 6.08 Å². The number of halogens is 1. The van der Waals surface area contributed by atoms with E-state index in [0.29, 0.717) is 6.04 Å². The molecule has 0 aromatic heterocycles. The fraction of sp³-hybridized carbons (Fsp3) is 0.400. The van der Waals surface area contributed by atoms with Crippen molar-refractivity contribution in [3.63, 3.8) is 0 Å². The van der Waals surface area contributed by atoms with Gasteiger partial charge < -0.3 is 5.32 Å². The number of nitrogens with one attached hydrogen (secondary N) is 1. The summed E-state index contributed by atoms with van der Waals surface area (Å²) in [5.41, 5.74) is 1.02. The van der Waals surface area contributed by atoms with Gasteiger partial charge in [-0.25, -0.2) is 0 Å². The number of carbonyl (C=O) groups is 1. The fourth-order valence-corrected chi connectivity index (χ4v) is 2.69. The Morgan fingerprint density at radius 3 is 2.67 bits per heavy atom. The predicted molar refractivity (Wildman–Crippen MR) is 78.2 cm³/mol. The lowest BCUT2D eigenvalue weighted by Crippen LogP contribution is -2.34. The van der Waals surface area contributed by atoms with E-state index in [1.807, 2.05) is 30.3 Å². The number of rotatable bonds is 3. The van der Waals surface area contributed by atoms with E-state index in [4.69, 9.17) is 0 Å². The predicted octanol–water partition coefficient (Wildman–Crippen LogP) is 3.91. The Labute approximate surface area is 117 Å². The van der Waals surface area contributed by atoms with Crippen LogP contribution in [0.4, 0.5) is 0 Å². The molecule has 1 aliphatic carbocycles. The topological polar surface area (TPSA) is 29.1 Å². The van der Waals surface area contributed by atoms with Gasteiger partial charge in [-0.2, -0.15) is 0 Å². The third kappa shape index (κ3) is 3.98. The maximum atomic E-state index is 11.8. The quantitative estimate of drug-likeness (QED) is 0.843. The van der Waals surface area contributed by atoms with Crippen molar-refractivity contribution in [2.75, 3.05) is 0 Å². The summed E-state index contributed by atoms with van der Waals surface area (Å²) in [6.07, 6.45) is 9.48. The monoisotopic (exact) mass is 307 g/mol. The van der Waals surface area contributed by atoms with Crippen LogP contribution < -0.4 is 5.32 Å². The molecule has 1 amide bonds. The Morgan fingerprint density at radius 1 is 1.22 bits per heavy atom. The molecule has 0 heterocycles. The number of carbonyl (C=O) groups excluding carboxylic acids is 1. The smallest absolute Gasteiger partial charge is 0.244 e. The molecule has 18 heavy (non-hydrogen) atoms. The van der Waals surface area contributed by atoms with Crippen molar-refractivity contribution in [1.82, 2.24) is 5.32 Å². The van der Waals surface area contributed by atoms with E-state index in [1.165, 1.54) is 19.3 Å². The van der Waals surface area contributed by atoms with Gasteiger partial charge in [0, 0.05) is 16.6 Å². The summed E-state index contributed by atoms with van der Waals surface area (Å²) >= 11 is 3.46. The van der Waals surface area contributed by atoms with Gasteiger partial charge in [0.25, 0.3) is 0 Å². The zero-order chi connectivity index (χ0) is 12.8. The highest BCUT2D eigenvalue weighted by Crippen LogP contribution is 2.18. The van der Waals surface area contributed by atoms with Crippen LogP contribution in [0.2, 0.25) is 0 Å². The molecule has 0 saturated heterocycles. The van der Waals surface area contributed by atoms with Gasteiger partial charge in [0.05, 0.1) is 0 Å². The van der Waals surface area contributed by atoms with E-state index in [2.05, 4.69) is 21.2 Å². The summed E-state index contributed by atoms with van der Waals surface area (Å²) in [6.45, 7) is 0. The van der Waals surface area contributed by atoms with Crippen molar-refractivity contribution in [1.29, 1.82) is 0 Å². The van der Waals surface area contributed by atoms with Crippen LogP contribution in [0.15, 0.2) is 34.8 Å². The second kappa shape index (κ2) is 6.74. The van der Waals surface area contributed by atoms with E-state index in [-0.39, 0.29) is 5.91 Å². The number of amides is 1. The van der Waals surface area contributed by atoms with Crippen LogP contribution in [0.1, 0.15) is 37.7 Å². The first-order chi connectivity index (χ1) is 8.75. The zero-order valence-corrected chi connectivity index (χ0v) is 11.9. The van der Waals surface area contributed by atoms with Crippen LogP contribution in [0.5, 0.6) is 0 Å². The van der Waals surface area contributed by atoms with Crippen molar-refractivity contribution in [2.45, 2.75) is 38.1 Å². The lowest BCUT2D eigenvalue weighted by molar-refractivity contribution is -0.117. The van der Waals surface area contributed by atoms with Gasteiger partial charge in [0.2, 0.25) is 5.91 Å². The first-order valence-corrected chi connectivity index (χ1v) is 7.28. The molecule has 0 unspecified atom stereocenters. The largest absolute Gasteiger partial charge is 0.350 e. The minimum absolute atomic E-state index is 0.0117. The van der Waals surface area contributed by atoms with Crippen molar-refractivity contribution < 1.29 is 4.79 Å². The molecule has 2 rings (SSSR count). The molecule has 0 bridgehead atoms. The average Bonchev–Trinajstić information content (AvgIpc) is 2.39. The van der Waals surface area contributed by atoms with Gasteiger partial charge in [0.15, 0.2) is 0 Å². The minimum atomic E-state index is 0.0117. The highest BCUT2D eigenvalue weighted by atomic mass is 79.9. The van der Waals surface area contributed by atoms with E-state index in [0.717, 1.165) is 22.9 Å². The summed E-state index contributed by atoms with van der Waals surface area (Å²) < 4.78 is 1.01. The number of hydrogen-bond acceptors (Lipinski definition) is 1. The second-order valence-corrected chi connectivity index (χ2v) is 5.55. The number of benzene rings is 1. The summed E-state index contributed by atoms with van der Waals surface area (Å²) in [4.78, 5) is 11.8. The molecule has 1 aliphatic rings. The first-order valence-electron chi connectivity index (χ1n) is 6.49. The third-order valence-electron chi connectivity index (χ3n) is 3.27. The first kappa shape index (κ1) is 13.3. The van der Waals surface area contributed by atoms with E-state index < -0.39 is 0 Å². The van der Waals surface area contributed by atoms with Crippen molar-refractivity contribution in [3.8, 4) is 0 Å². The summed E-state index contributed by atoms with van der Waals surface area (Å²) in [6, 6.07) is 8.25. The zero-order valence-electron chi connectivity index (χ0n) is 10.4. The Morgan fingerprint density at radius 2 is 1.94 bits per heavy atom. The molecular weight excluding hydrogens is 290 g/mol. The summed E-state index contributed by atoms with van der Waals surface area (Å²) in [7, 11) is 0. The Balaban J connectivity index is 1.88. The summed E-state index contributed by atoms with van der Waals surface area (Å²) in [5.74, 6) is 0.0117. The average molecular weight is 308 g/mol. The molecule has 1 saturated carbocycles. The highest BCUT2D eigenvalue weighted by Gasteiger charge is 2.14. The van der Waals surface area contributed by atoms with Crippen LogP contribution >= 0.6 is 15.9 Å². The Kier molecular flexibility index (Phi) is 5.00. The molecule has 1 aromatic carbocycles. The standard InChI is InChI=1S/C15H18BrNO/c16-14-9-5-4-6-12(14)10-11-15(18)17-13-7-2-1-3-8-13/h4-6,9-11,13H,1-3,7-8H2,(H,17,18)/b11-10-. The molecule has 0 atom stereocenters. The third-order valence-corrected chi connectivity index (χ3v) is 3.99. The fourth-order valence-electron chi connectivity index (χ4n) is 2.27. The lowest BCUT2D eigenvalue weighted by atomic mass is 9.95. The molecule has 0 aliphatic heterocycles. The van der Waals surface area contributed by atoms with Gasteiger partial charge >= 0.3 is 0 Å². The molecule has 0 spiro atoms. The molecule has 96 valence electrons. The van der Waals surface area contributed by atoms with Crippen molar-refractivity contribution >= 4 is 27.9 Å². The van der Waals surface area contributed by atoms with Gasteiger partial charge in [-0.15, -0.1) is 0 Å². The van der Waals surface area contributed by atoms with Crippen molar-refractivity contribution in [2.24, 2.45) is 0 Å². The minimum Gasteiger partial charge on any atom is -0.350 e. The van der Waals surface area contributed by atoms with Gasteiger partial charge in [0.1, 0.15) is 0 Å². The van der Waals surface area contributed by atoms with Crippen LogP contribution in [-0.4, -0.2) is 11.9 Å². The second-order valence-electron chi connectivity index (χ2n) is 4.70. The highest BCUT2D eigenvalue weighted by molar-refractivity contribution is 9.10. The normalized spacial score (nSPS) is 16.9. The molecule has 1 N–H and O–H groups in total. The maximum Gasteiger partial charge on any atom is 0.244 e. The lowest BCUT2D eigenvalue weighted by Gasteiger charge is -2.21. The van der Waals surface area contributed by atoms with Gasteiger partial charge in [-0.3, -0.25) is 4.79 Å². The van der Waals surface area contributed by atoms with Gasteiger partial charge in [-0.1, -0.05) is 53.4 Å². The van der Waals surface area contributed by atoms with Crippen LogP contribution in [0.25, 0.3) is 6.08 Å². The molecule has 3 heteroatoms. The van der Waals surface area contributed by atoms with Gasteiger partial charge in [-0.05, 0) is 30.5 Å². The SMILES string of the molecule is O=C(/C=C\c1ccccc1Br)NC1CCCCC1. The molecule has 2 nitrogen and oxygen atoms in total.